The Labute approximate surface area is 130 Å². The molecule has 1 aliphatic rings. The van der Waals surface area contributed by atoms with Gasteiger partial charge in [-0.15, -0.1) is 0 Å². The highest BCUT2D eigenvalue weighted by Crippen LogP contribution is 2.18. The second-order valence-electron chi connectivity index (χ2n) is 4.68. The van der Waals surface area contributed by atoms with Gasteiger partial charge in [0.05, 0.1) is 6.10 Å². The fourth-order valence-electron chi connectivity index (χ4n) is 2.04. The van der Waals surface area contributed by atoms with E-state index < -0.39 is 11.7 Å². The maximum atomic E-state index is 13.6. The van der Waals surface area contributed by atoms with Crippen LogP contribution in [0.1, 0.15) is 18.4 Å². The van der Waals surface area contributed by atoms with Crippen molar-refractivity contribution >= 4 is 27.9 Å². The molecule has 1 aromatic carbocycles. The van der Waals surface area contributed by atoms with Gasteiger partial charge in [0, 0.05) is 23.2 Å². The summed E-state index contributed by atoms with van der Waals surface area (Å²) in [5, 5.41) is 11.7. The Bertz CT molecular complexity index is 604. The molecule has 0 saturated carbocycles. The van der Waals surface area contributed by atoms with Crippen molar-refractivity contribution in [1.29, 1.82) is 5.26 Å². The van der Waals surface area contributed by atoms with Gasteiger partial charge in [-0.25, -0.2) is 4.39 Å². The number of nitrogens with one attached hydrogen (secondary N) is 1. The Kier molecular flexibility index (Phi) is 5.48. The van der Waals surface area contributed by atoms with E-state index in [1.54, 1.807) is 12.1 Å². The molecule has 1 atom stereocenters. The smallest absolute Gasteiger partial charge is 0.262 e. The molecule has 1 amide bonds. The minimum Gasteiger partial charge on any atom is -0.376 e. The zero-order valence-corrected chi connectivity index (χ0v) is 12.8. The first-order valence-corrected chi connectivity index (χ1v) is 7.36. The summed E-state index contributed by atoms with van der Waals surface area (Å²) in [5.74, 6) is -1.01. The molecule has 1 fully saturated rings. The maximum Gasteiger partial charge on any atom is 0.262 e. The Morgan fingerprint density at radius 2 is 2.43 bits per heavy atom. The number of amides is 1. The van der Waals surface area contributed by atoms with Gasteiger partial charge in [0.1, 0.15) is 17.5 Å². The van der Waals surface area contributed by atoms with E-state index in [-0.39, 0.29) is 17.2 Å². The predicted octanol–water partition coefficient (Wildman–Crippen LogP) is 2.79. The number of nitriles is 1. The average Bonchev–Trinajstić information content (AvgIpc) is 2.99. The predicted molar refractivity (Wildman–Crippen MR) is 79.7 cm³/mol. The highest BCUT2D eigenvalue weighted by molar-refractivity contribution is 9.10. The molecule has 2 rings (SSSR count). The van der Waals surface area contributed by atoms with Gasteiger partial charge in [-0.3, -0.25) is 4.79 Å². The molecule has 0 aromatic heterocycles. The lowest BCUT2D eigenvalue weighted by Gasteiger charge is -2.10. The molecule has 21 heavy (non-hydrogen) atoms. The van der Waals surface area contributed by atoms with Gasteiger partial charge >= 0.3 is 0 Å². The average molecular weight is 353 g/mol. The monoisotopic (exact) mass is 352 g/mol. The van der Waals surface area contributed by atoms with Crippen molar-refractivity contribution < 1.29 is 13.9 Å². The fraction of sp³-hybridized carbons (Fsp3) is 0.333. The van der Waals surface area contributed by atoms with Crippen LogP contribution in [0.4, 0.5) is 4.39 Å². The summed E-state index contributed by atoms with van der Waals surface area (Å²) in [4.78, 5) is 11.9. The number of carbonyl (C=O) groups is 1. The summed E-state index contributed by atoms with van der Waals surface area (Å²) in [7, 11) is 0. The lowest BCUT2D eigenvalue weighted by atomic mass is 10.1. The van der Waals surface area contributed by atoms with Gasteiger partial charge in [-0.05, 0) is 37.1 Å². The van der Waals surface area contributed by atoms with E-state index in [0.29, 0.717) is 17.6 Å². The van der Waals surface area contributed by atoms with Crippen LogP contribution < -0.4 is 5.32 Å². The number of ether oxygens (including phenoxy) is 1. The summed E-state index contributed by atoms with van der Waals surface area (Å²) in [6.45, 7) is 1.06. The molecule has 0 spiro atoms. The largest absolute Gasteiger partial charge is 0.376 e. The summed E-state index contributed by atoms with van der Waals surface area (Å²) in [6, 6.07) is 6.14. The third kappa shape index (κ3) is 4.38. The van der Waals surface area contributed by atoms with Crippen molar-refractivity contribution in [3.05, 3.63) is 39.6 Å². The Hall–Kier alpha value is -1.71. The molecule has 0 aliphatic carbocycles. The van der Waals surface area contributed by atoms with Crippen LogP contribution >= 0.6 is 15.9 Å². The number of nitrogens with zero attached hydrogens (tertiary/aromatic N) is 1. The zero-order valence-electron chi connectivity index (χ0n) is 11.2. The minimum atomic E-state index is -0.521. The van der Waals surface area contributed by atoms with E-state index in [1.165, 1.54) is 18.2 Å². The van der Waals surface area contributed by atoms with E-state index >= 15 is 0 Å². The molecule has 110 valence electrons. The summed E-state index contributed by atoms with van der Waals surface area (Å²) < 4.78 is 19.7. The van der Waals surface area contributed by atoms with E-state index in [9.17, 15) is 9.18 Å². The first-order chi connectivity index (χ1) is 10.1. The number of rotatable bonds is 4. The summed E-state index contributed by atoms with van der Waals surface area (Å²) in [6.07, 6.45) is 3.11. The lowest BCUT2D eigenvalue weighted by Crippen LogP contribution is -2.32. The van der Waals surface area contributed by atoms with Crippen molar-refractivity contribution in [3.8, 4) is 6.07 Å². The zero-order chi connectivity index (χ0) is 15.2. The molecule has 0 unspecified atom stereocenters. The molecule has 0 radical (unpaired) electrons. The Morgan fingerprint density at radius 3 is 3.10 bits per heavy atom. The van der Waals surface area contributed by atoms with E-state index in [2.05, 4.69) is 21.2 Å². The van der Waals surface area contributed by atoms with Crippen LogP contribution in [0.25, 0.3) is 6.08 Å². The van der Waals surface area contributed by atoms with E-state index in [4.69, 9.17) is 10.00 Å². The third-order valence-corrected chi connectivity index (χ3v) is 3.63. The van der Waals surface area contributed by atoms with Gasteiger partial charge in [-0.2, -0.15) is 5.26 Å². The van der Waals surface area contributed by atoms with Crippen molar-refractivity contribution in [1.82, 2.24) is 5.32 Å². The highest BCUT2D eigenvalue weighted by atomic mass is 79.9. The van der Waals surface area contributed by atoms with Crippen LogP contribution in [0.15, 0.2) is 28.2 Å². The number of halogens is 2. The number of hydrogen-bond acceptors (Lipinski definition) is 3. The molecule has 1 saturated heterocycles. The normalized spacial score (nSPS) is 18.3. The van der Waals surface area contributed by atoms with Crippen molar-refractivity contribution in [2.45, 2.75) is 18.9 Å². The minimum absolute atomic E-state index is 0.00324. The molecule has 1 aromatic rings. The highest BCUT2D eigenvalue weighted by Gasteiger charge is 2.17. The van der Waals surface area contributed by atoms with Crippen LogP contribution in [0.5, 0.6) is 0 Å². The molecule has 1 aliphatic heterocycles. The fourth-order valence-corrected chi connectivity index (χ4v) is 2.42. The molecule has 1 heterocycles. The van der Waals surface area contributed by atoms with Crippen LogP contribution in [-0.2, 0) is 9.53 Å². The molecule has 0 bridgehead atoms. The first-order valence-electron chi connectivity index (χ1n) is 6.57. The molecule has 6 heteroatoms. The van der Waals surface area contributed by atoms with Gasteiger partial charge < -0.3 is 10.1 Å². The number of carbonyl (C=O) groups excluding carboxylic acids is 1. The first kappa shape index (κ1) is 15.7. The van der Waals surface area contributed by atoms with Gasteiger partial charge in [-0.1, -0.05) is 15.9 Å². The van der Waals surface area contributed by atoms with Gasteiger partial charge in [0.2, 0.25) is 0 Å². The van der Waals surface area contributed by atoms with Crippen molar-refractivity contribution in [2.75, 3.05) is 13.2 Å². The van der Waals surface area contributed by atoms with E-state index in [1.807, 2.05) is 0 Å². The Balaban J connectivity index is 2.07. The second-order valence-corrected chi connectivity index (χ2v) is 5.60. The Morgan fingerprint density at radius 1 is 1.62 bits per heavy atom. The molecule has 1 N–H and O–H groups in total. The van der Waals surface area contributed by atoms with Crippen molar-refractivity contribution in [3.63, 3.8) is 0 Å². The van der Waals surface area contributed by atoms with E-state index in [0.717, 1.165) is 12.8 Å². The van der Waals surface area contributed by atoms with Crippen LogP contribution in [-0.4, -0.2) is 25.2 Å². The SMILES string of the molecule is N#C/C(=C\c1cc(Br)ccc1F)C(=O)NC[C@@H]1CCCO1. The molecular formula is C15H14BrFN2O2. The molecular weight excluding hydrogens is 339 g/mol. The summed E-state index contributed by atoms with van der Waals surface area (Å²) >= 11 is 3.22. The van der Waals surface area contributed by atoms with Gasteiger partial charge in [0.15, 0.2) is 0 Å². The summed E-state index contributed by atoms with van der Waals surface area (Å²) in [5.41, 5.74) is 0.0539. The number of benzene rings is 1. The lowest BCUT2D eigenvalue weighted by molar-refractivity contribution is -0.117. The van der Waals surface area contributed by atoms with Crippen LogP contribution in [0.2, 0.25) is 0 Å². The third-order valence-electron chi connectivity index (χ3n) is 3.14. The topological polar surface area (TPSA) is 62.1 Å². The van der Waals surface area contributed by atoms with Crippen molar-refractivity contribution in [2.24, 2.45) is 0 Å². The van der Waals surface area contributed by atoms with Crippen LogP contribution in [0.3, 0.4) is 0 Å². The standard InChI is InChI=1S/C15H14BrFN2O2/c16-12-3-4-14(17)10(7-12)6-11(8-18)15(20)19-9-13-2-1-5-21-13/h3-4,6-7,13H,1-2,5,9H2,(H,19,20)/b11-6+/t13-/m0/s1. The second kappa shape index (κ2) is 7.34. The molecule has 4 nitrogen and oxygen atoms in total. The maximum absolute atomic E-state index is 13.6. The number of hydrogen-bond donors (Lipinski definition) is 1. The van der Waals surface area contributed by atoms with Gasteiger partial charge in [0.25, 0.3) is 5.91 Å². The van der Waals surface area contributed by atoms with Crippen LogP contribution in [0, 0.1) is 17.1 Å². The quantitative estimate of drug-likeness (QED) is 0.669.